The minimum absolute atomic E-state index is 0.0642. The average Bonchev–Trinajstić information content (AvgIpc) is 3.00. The predicted molar refractivity (Wildman–Crippen MR) is 76.2 cm³/mol. The smallest absolute Gasteiger partial charge is 0.222 e. The fraction of sp³-hybridized carbons (Fsp3) is 0.545. The van der Waals surface area contributed by atoms with E-state index in [1.807, 2.05) is 0 Å². The maximum absolute atomic E-state index is 10.5. The maximum atomic E-state index is 10.5. The quantitative estimate of drug-likeness (QED) is 0.325. The molecule has 0 radical (unpaired) electrons. The number of rotatable bonds is 3. The van der Waals surface area contributed by atoms with Crippen molar-refractivity contribution in [1.82, 2.24) is 19.5 Å². The molecule has 12 nitrogen and oxygen atoms in total. The number of aliphatic hydroxyl groups is 3. The highest BCUT2D eigenvalue weighted by Gasteiger charge is 2.53. The second kappa shape index (κ2) is 5.30. The van der Waals surface area contributed by atoms with Gasteiger partial charge in [0.05, 0.1) is 12.9 Å². The van der Waals surface area contributed by atoms with Gasteiger partial charge in [0.2, 0.25) is 5.95 Å². The Morgan fingerprint density at radius 3 is 2.91 bits per heavy atom. The zero-order valence-electron chi connectivity index (χ0n) is 12.0. The summed E-state index contributed by atoms with van der Waals surface area (Å²) >= 11 is 0. The molecule has 23 heavy (non-hydrogen) atoms. The monoisotopic (exact) mass is 322 g/mol. The van der Waals surface area contributed by atoms with Crippen molar-refractivity contribution in [3.8, 4) is 0 Å². The number of azide groups is 1. The predicted octanol–water partition coefficient (Wildman–Crippen LogP) is -0.648. The van der Waals surface area contributed by atoms with E-state index in [1.165, 1.54) is 17.8 Å². The first-order chi connectivity index (χ1) is 10.9. The molecule has 0 bridgehead atoms. The second-order valence-electron chi connectivity index (χ2n) is 5.30. The first-order valence-electron chi connectivity index (χ1n) is 6.62. The highest BCUT2D eigenvalue weighted by atomic mass is 16.6. The summed E-state index contributed by atoms with van der Waals surface area (Å²) in [7, 11) is 0. The minimum atomic E-state index is -1.71. The molecule has 1 aliphatic heterocycles. The van der Waals surface area contributed by atoms with Crippen LogP contribution in [-0.2, 0) is 4.74 Å². The first kappa shape index (κ1) is 15.4. The van der Waals surface area contributed by atoms with Crippen molar-refractivity contribution in [3.63, 3.8) is 0 Å². The molecule has 1 aliphatic rings. The van der Waals surface area contributed by atoms with E-state index in [-0.39, 0.29) is 22.9 Å². The van der Waals surface area contributed by atoms with Crippen LogP contribution in [0.15, 0.2) is 11.4 Å². The molecule has 1 fully saturated rings. The molecule has 0 saturated carbocycles. The number of anilines is 1. The van der Waals surface area contributed by atoms with Gasteiger partial charge in [-0.1, -0.05) is 0 Å². The Morgan fingerprint density at radius 2 is 2.30 bits per heavy atom. The number of nitrogens with zero attached hydrogens (tertiary/aromatic N) is 7. The van der Waals surface area contributed by atoms with Crippen LogP contribution in [0.4, 0.5) is 11.8 Å². The SMILES string of the molecule is C[C@@]1(O)[C@H](O)[C@@H](CO)O[C@H]1n1cnc2c(N=[N+]=[N-])nc(N)nc21. The molecule has 3 heterocycles. The van der Waals surface area contributed by atoms with E-state index in [2.05, 4.69) is 25.0 Å². The fourth-order valence-electron chi connectivity index (χ4n) is 2.59. The summed E-state index contributed by atoms with van der Waals surface area (Å²) in [6.07, 6.45) is -2.07. The van der Waals surface area contributed by atoms with Crippen molar-refractivity contribution in [2.75, 3.05) is 12.3 Å². The molecule has 0 amide bonds. The number of nitrogens with two attached hydrogens (primary N) is 1. The summed E-state index contributed by atoms with van der Waals surface area (Å²) in [5.41, 5.74) is 12.8. The van der Waals surface area contributed by atoms with Crippen molar-refractivity contribution >= 4 is 22.9 Å². The summed E-state index contributed by atoms with van der Waals surface area (Å²) in [6, 6.07) is 0. The van der Waals surface area contributed by atoms with Gasteiger partial charge in [-0.05, 0) is 17.6 Å². The molecule has 2 aromatic rings. The average molecular weight is 322 g/mol. The van der Waals surface area contributed by atoms with Gasteiger partial charge in [-0.3, -0.25) is 4.57 Å². The topological polar surface area (TPSA) is 188 Å². The van der Waals surface area contributed by atoms with Gasteiger partial charge in [-0.15, -0.1) is 0 Å². The van der Waals surface area contributed by atoms with E-state index in [1.54, 1.807) is 0 Å². The molecule has 0 aromatic carbocycles. The van der Waals surface area contributed by atoms with Crippen LogP contribution in [0.2, 0.25) is 0 Å². The van der Waals surface area contributed by atoms with Crippen molar-refractivity contribution in [3.05, 3.63) is 16.8 Å². The first-order valence-corrected chi connectivity index (χ1v) is 6.62. The van der Waals surface area contributed by atoms with Gasteiger partial charge in [0, 0.05) is 4.91 Å². The molecule has 12 heteroatoms. The molecular formula is C11H14N8O4. The molecule has 4 atom stereocenters. The van der Waals surface area contributed by atoms with E-state index in [0.29, 0.717) is 0 Å². The molecule has 0 aliphatic carbocycles. The van der Waals surface area contributed by atoms with Gasteiger partial charge in [0.15, 0.2) is 17.7 Å². The third kappa shape index (κ3) is 2.25. The van der Waals surface area contributed by atoms with E-state index in [4.69, 9.17) is 16.0 Å². The van der Waals surface area contributed by atoms with Crippen molar-refractivity contribution in [2.45, 2.75) is 31.0 Å². The van der Waals surface area contributed by atoms with E-state index in [9.17, 15) is 15.3 Å². The number of aromatic nitrogens is 4. The lowest BCUT2D eigenvalue weighted by Crippen LogP contribution is -2.44. The largest absolute Gasteiger partial charge is 0.394 e. The Hall–Kier alpha value is -2.50. The summed E-state index contributed by atoms with van der Waals surface area (Å²) in [4.78, 5) is 14.5. The van der Waals surface area contributed by atoms with Crippen LogP contribution in [0, 0.1) is 0 Å². The maximum Gasteiger partial charge on any atom is 0.222 e. The van der Waals surface area contributed by atoms with Gasteiger partial charge in [-0.25, -0.2) is 9.97 Å². The highest BCUT2D eigenvalue weighted by Crippen LogP contribution is 2.39. The van der Waals surface area contributed by atoms with E-state index < -0.39 is 30.6 Å². The Morgan fingerprint density at radius 1 is 1.57 bits per heavy atom. The summed E-state index contributed by atoms with van der Waals surface area (Å²) in [5.74, 6) is -0.218. The number of fused-ring (bicyclic) bond motifs is 1. The summed E-state index contributed by atoms with van der Waals surface area (Å²) in [5, 5.41) is 33.2. The lowest BCUT2D eigenvalue weighted by molar-refractivity contribution is -0.0950. The standard InChI is InChI=1S/C11H14N8O4/c1-11(22)6(21)4(2-20)23-9(11)19-3-14-5-7(17-18-13)15-10(12)16-8(5)19/h3-4,6,9,20-22H,2H2,1H3,(H2,12,15,16)/t4-,6-,9-,11-/m1/s1. The molecule has 0 unspecified atom stereocenters. The van der Waals surface area contributed by atoms with Crippen molar-refractivity contribution < 1.29 is 20.1 Å². The van der Waals surface area contributed by atoms with Gasteiger partial charge in [-0.2, -0.15) is 4.98 Å². The summed E-state index contributed by atoms with van der Waals surface area (Å²) in [6.45, 7) is 0.893. The minimum Gasteiger partial charge on any atom is -0.394 e. The molecule has 2 aromatic heterocycles. The van der Waals surface area contributed by atoms with Gasteiger partial charge >= 0.3 is 0 Å². The zero-order valence-corrected chi connectivity index (χ0v) is 12.0. The molecule has 122 valence electrons. The Kier molecular flexibility index (Phi) is 3.55. The van der Waals surface area contributed by atoms with Crippen LogP contribution in [-0.4, -0.2) is 59.3 Å². The van der Waals surface area contributed by atoms with Crippen LogP contribution in [0.25, 0.3) is 21.6 Å². The summed E-state index contributed by atoms with van der Waals surface area (Å²) < 4.78 is 6.83. The van der Waals surface area contributed by atoms with Crippen molar-refractivity contribution in [1.29, 1.82) is 0 Å². The fourth-order valence-corrected chi connectivity index (χ4v) is 2.59. The van der Waals surface area contributed by atoms with Gasteiger partial charge < -0.3 is 25.8 Å². The number of ether oxygens (including phenoxy) is 1. The number of aliphatic hydroxyl groups excluding tert-OH is 2. The molecular weight excluding hydrogens is 308 g/mol. The van der Waals surface area contributed by atoms with Crippen LogP contribution in [0.3, 0.4) is 0 Å². The van der Waals surface area contributed by atoms with E-state index >= 15 is 0 Å². The second-order valence-corrected chi connectivity index (χ2v) is 5.30. The van der Waals surface area contributed by atoms with E-state index in [0.717, 1.165) is 0 Å². The van der Waals surface area contributed by atoms with Crippen LogP contribution >= 0.6 is 0 Å². The third-order valence-electron chi connectivity index (χ3n) is 3.75. The lowest BCUT2D eigenvalue weighted by Gasteiger charge is -2.27. The Bertz CT molecular complexity index is 799. The molecule has 5 N–H and O–H groups in total. The normalized spacial score (nSPS) is 30.5. The lowest BCUT2D eigenvalue weighted by atomic mass is 9.96. The van der Waals surface area contributed by atoms with Gasteiger partial charge in [0.1, 0.15) is 23.3 Å². The molecule has 0 spiro atoms. The molecule has 1 saturated heterocycles. The zero-order chi connectivity index (χ0) is 16.8. The van der Waals surface area contributed by atoms with Crippen LogP contribution in [0.5, 0.6) is 0 Å². The van der Waals surface area contributed by atoms with Crippen molar-refractivity contribution in [2.24, 2.45) is 5.11 Å². The van der Waals surface area contributed by atoms with Gasteiger partial charge in [0.25, 0.3) is 0 Å². The molecule has 3 rings (SSSR count). The number of imidazole rings is 1. The Balaban J connectivity index is 2.16. The highest BCUT2D eigenvalue weighted by molar-refractivity contribution is 5.82. The number of nitrogen functional groups attached to an aromatic ring is 1. The van der Waals surface area contributed by atoms with Crippen LogP contribution < -0.4 is 5.73 Å². The Labute approximate surface area is 128 Å². The third-order valence-corrected chi connectivity index (χ3v) is 3.75. The van der Waals surface area contributed by atoms with Crippen LogP contribution in [0.1, 0.15) is 13.2 Å². The number of hydrogen-bond acceptors (Lipinski definition) is 9. The number of hydrogen-bond donors (Lipinski definition) is 4.